The third-order valence-electron chi connectivity index (χ3n) is 7.79. The second kappa shape index (κ2) is 11.2. The van der Waals surface area contributed by atoms with E-state index in [-0.39, 0.29) is 36.6 Å². The highest BCUT2D eigenvalue weighted by Crippen LogP contribution is 2.39. The number of rotatable bonds is 9. The Balaban J connectivity index is 1.60. The predicted octanol–water partition coefficient (Wildman–Crippen LogP) is 5.28. The average Bonchev–Trinajstić information content (AvgIpc) is 3.43. The van der Waals surface area contributed by atoms with Crippen molar-refractivity contribution in [3.63, 3.8) is 0 Å². The monoisotopic (exact) mass is 595 g/mol. The normalized spacial score (nSPS) is 15.3. The topological polar surface area (TPSA) is 104 Å². The number of nitrogens with zero attached hydrogens (tertiary/aromatic N) is 8. The van der Waals surface area contributed by atoms with Gasteiger partial charge in [-0.15, -0.1) is 5.10 Å². The average molecular weight is 596 g/mol. The maximum atomic E-state index is 13.6. The van der Waals surface area contributed by atoms with Crippen LogP contribution in [0.4, 0.5) is 32.3 Å². The molecule has 3 heterocycles. The van der Waals surface area contributed by atoms with Crippen molar-refractivity contribution in [1.29, 1.82) is 0 Å². The second-order valence-electron chi connectivity index (χ2n) is 10.9. The number of fused-ring (bicyclic) bond motifs is 1. The van der Waals surface area contributed by atoms with Crippen LogP contribution in [0.2, 0.25) is 0 Å². The van der Waals surface area contributed by atoms with E-state index >= 15 is 0 Å². The minimum atomic E-state index is -4.97. The molecule has 226 valence electrons. The van der Waals surface area contributed by atoms with Crippen LogP contribution in [-0.2, 0) is 39.5 Å². The molecule has 1 fully saturated rings. The summed E-state index contributed by atoms with van der Waals surface area (Å²) in [5.74, 6) is 0.452. The van der Waals surface area contributed by atoms with E-state index in [0.29, 0.717) is 41.5 Å². The molecule has 1 unspecified atom stereocenters. The highest BCUT2D eigenvalue weighted by atomic mass is 19.4. The molecule has 4 aromatic rings. The van der Waals surface area contributed by atoms with Gasteiger partial charge < -0.3 is 10.6 Å². The van der Waals surface area contributed by atoms with Crippen molar-refractivity contribution in [2.45, 2.75) is 64.0 Å². The Hall–Kier alpha value is -3.75. The van der Waals surface area contributed by atoms with E-state index in [1.165, 1.54) is 16.7 Å². The molecule has 9 nitrogen and oxygen atoms in total. The van der Waals surface area contributed by atoms with Gasteiger partial charge in [-0.3, -0.25) is 4.68 Å². The number of hydrogen-bond donors (Lipinski definition) is 1. The highest BCUT2D eigenvalue weighted by Gasteiger charge is 2.37. The first kappa shape index (κ1) is 29.7. The fourth-order valence-electron chi connectivity index (χ4n) is 5.46. The molecule has 42 heavy (non-hydrogen) atoms. The standard InChI is InChI=1S/C27H31F6N9/c1-15-22-10-19(23(35-24(22)40(2)37-15)18(12-34)7-16-5-4-6-16)14-42(25-36-39-41(3)38-25)13-17-8-20(26(28,29)30)11-21(9-17)27(31,32)33/h8-11,16,18H,4-7,12-14,34H2,1-3H3. The van der Waals surface area contributed by atoms with Crippen molar-refractivity contribution in [3.05, 3.63) is 57.9 Å². The van der Waals surface area contributed by atoms with Crippen molar-refractivity contribution in [1.82, 2.24) is 35.0 Å². The van der Waals surface area contributed by atoms with Crippen LogP contribution in [0.15, 0.2) is 24.3 Å². The van der Waals surface area contributed by atoms with Crippen molar-refractivity contribution in [3.8, 4) is 0 Å². The molecule has 1 atom stereocenters. The molecule has 1 aromatic carbocycles. The van der Waals surface area contributed by atoms with Crippen LogP contribution in [0.5, 0.6) is 0 Å². The van der Waals surface area contributed by atoms with Gasteiger partial charge in [-0.25, -0.2) is 4.98 Å². The summed E-state index contributed by atoms with van der Waals surface area (Å²) in [7, 11) is 3.30. The van der Waals surface area contributed by atoms with Crippen LogP contribution >= 0.6 is 0 Å². The molecule has 0 bridgehead atoms. The van der Waals surface area contributed by atoms with Crippen molar-refractivity contribution in [2.75, 3.05) is 11.4 Å². The predicted molar refractivity (Wildman–Crippen MR) is 142 cm³/mol. The van der Waals surface area contributed by atoms with Crippen LogP contribution in [0, 0.1) is 12.8 Å². The van der Waals surface area contributed by atoms with Crippen LogP contribution in [0.1, 0.15) is 65.2 Å². The van der Waals surface area contributed by atoms with E-state index < -0.39 is 23.5 Å². The lowest BCUT2D eigenvalue weighted by molar-refractivity contribution is -0.143. The maximum Gasteiger partial charge on any atom is 0.416 e. The first-order valence-corrected chi connectivity index (χ1v) is 13.5. The Bertz CT molecular complexity index is 1540. The van der Waals surface area contributed by atoms with E-state index in [2.05, 4.69) is 20.5 Å². The summed E-state index contributed by atoms with van der Waals surface area (Å²) in [6, 6.07) is 3.46. The number of benzene rings is 1. The quantitative estimate of drug-likeness (QED) is 0.263. The van der Waals surface area contributed by atoms with Gasteiger partial charge in [0.05, 0.1) is 29.6 Å². The molecular formula is C27H31F6N9. The van der Waals surface area contributed by atoms with Gasteiger partial charge in [0, 0.05) is 38.0 Å². The first-order valence-electron chi connectivity index (χ1n) is 13.5. The van der Waals surface area contributed by atoms with E-state index in [9.17, 15) is 26.3 Å². The zero-order chi connectivity index (χ0) is 30.4. The summed E-state index contributed by atoms with van der Waals surface area (Å²) in [6.45, 7) is 1.85. The van der Waals surface area contributed by atoms with Gasteiger partial charge in [0.2, 0.25) is 0 Å². The largest absolute Gasteiger partial charge is 0.416 e. The number of nitrogens with two attached hydrogens (primary N) is 1. The van der Waals surface area contributed by atoms with Crippen molar-refractivity contribution < 1.29 is 26.3 Å². The summed E-state index contributed by atoms with van der Waals surface area (Å²) in [5.41, 5.74) is 6.08. The summed E-state index contributed by atoms with van der Waals surface area (Å²) < 4.78 is 83.3. The highest BCUT2D eigenvalue weighted by molar-refractivity contribution is 5.79. The summed E-state index contributed by atoms with van der Waals surface area (Å²) >= 11 is 0. The summed E-state index contributed by atoms with van der Waals surface area (Å²) in [6.07, 6.45) is -5.75. The lowest BCUT2D eigenvalue weighted by atomic mass is 9.77. The maximum absolute atomic E-state index is 13.6. The van der Waals surface area contributed by atoms with Crippen molar-refractivity contribution >= 4 is 17.0 Å². The molecule has 1 saturated carbocycles. The fourth-order valence-corrected chi connectivity index (χ4v) is 5.46. The van der Waals surface area contributed by atoms with Gasteiger partial charge in [-0.2, -0.15) is 36.2 Å². The van der Waals surface area contributed by atoms with Gasteiger partial charge in [-0.1, -0.05) is 24.4 Å². The Kier molecular flexibility index (Phi) is 7.89. The first-order chi connectivity index (χ1) is 19.7. The molecule has 0 amide bonds. The lowest BCUT2D eigenvalue weighted by Gasteiger charge is -2.30. The number of aromatic nitrogens is 7. The SMILES string of the molecule is Cc1nn(C)c2nc(C(CN)CC3CCC3)c(CN(Cc3cc(C(F)(F)F)cc(C(F)(F)F)c3)c3nnn(C)n3)cc12. The third-order valence-corrected chi connectivity index (χ3v) is 7.79. The minimum Gasteiger partial charge on any atom is -0.330 e. The minimum absolute atomic E-state index is 0.0388. The fraction of sp³-hybridized carbons (Fsp3) is 0.519. The molecule has 1 aliphatic rings. The van der Waals surface area contributed by atoms with Crippen molar-refractivity contribution in [2.24, 2.45) is 25.7 Å². The van der Waals surface area contributed by atoms with Gasteiger partial charge in [0.15, 0.2) is 5.65 Å². The van der Waals surface area contributed by atoms with Crippen LogP contribution in [0.3, 0.4) is 0 Å². The number of pyridine rings is 1. The smallest absolute Gasteiger partial charge is 0.330 e. The Morgan fingerprint density at radius 3 is 2.17 bits per heavy atom. The number of halogens is 6. The number of hydrogen-bond acceptors (Lipinski definition) is 7. The summed E-state index contributed by atoms with van der Waals surface area (Å²) in [4.78, 5) is 7.63. The molecular weight excluding hydrogens is 564 g/mol. The Morgan fingerprint density at radius 1 is 0.976 bits per heavy atom. The third kappa shape index (κ3) is 6.20. The van der Waals surface area contributed by atoms with Gasteiger partial charge >= 0.3 is 12.4 Å². The zero-order valence-corrected chi connectivity index (χ0v) is 23.3. The summed E-state index contributed by atoms with van der Waals surface area (Å²) in [5, 5.41) is 17.3. The van der Waals surface area contributed by atoms with Gasteiger partial charge in [0.1, 0.15) is 0 Å². The zero-order valence-electron chi connectivity index (χ0n) is 23.3. The molecule has 15 heteroatoms. The molecule has 2 N–H and O–H groups in total. The Labute approximate surface area is 237 Å². The number of anilines is 1. The molecule has 0 radical (unpaired) electrons. The molecule has 0 aliphatic heterocycles. The van der Waals surface area contributed by atoms with Crippen LogP contribution < -0.4 is 10.6 Å². The van der Waals surface area contributed by atoms with E-state index in [4.69, 9.17) is 10.7 Å². The van der Waals surface area contributed by atoms with E-state index in [1.54, 1.807) is 11.7 Å². The van der Waals surface area contributed by atoms with E-state index in [1.807, 2.05) is 13.0 Å². The molecule has 5 rings (SSSR count). The molecule has 0 spiro atoms. The second-order valence-corrected chi connectivity index (χ2v) is 10.9. The van der Waals surface area contributed by atoms with Crippen LogP contribution in [0.25, 0.3) is 11.0 Å². The number of aryl methyl sites for hydroxylation is 3. The number of alkyl halides is 6. The van der Waals surface area contributed by atoms with Crippen LogP contribution in [-0.4, -0.2) is 41.5 Å². The van der Waals surface area contributed by atoms with Gasteiger partial charge in [-0.05, 0) is 59.9 Å². The van der Waals surface area contributed by atoms with Gasteiger partial charge in [0.25, 0.3) is 5.95 Å². The molecule has 0 saturated heterocycles. The lowest BCUT2D eigenvalue weighted by Crippen LogP contribution is -2.27. The Morgan fingerprint density at radius 2 is 1.64 bits per heavy atom. The number of tetrazole rings is 1. The molecule has 3 aromatic heterocycles. The van der Waals surface area contributed by atoms with E-state index in [0.717, 1.165) is 36.8 Å². The molecule has 1 aliphatic carbocycles.